The summed E-state index contributed by atoms with van der Waals surface area (Å²) < 4.78 is 23.1. The Bertz CT molecular complexity index is 840. The zero-order valence-electron chi connectivity index (χ0n) is 16.4. The predicted molar refractivity (Wildman–Crippen MR) is 109 cm³/mol. The van der Waals surface area contributed by atoms with Gasteiger partial charge in [0.1, 0.15) is 0 Å². The molecule has 1 aromatic carbocycles. The number of piperidine rings is 1. The Hall–Kier alpha value is -1.76. The van der Waals surface area contributed by atoms with Crippen LogP contribution in [0.25, 0.3) is 11.3 Å². The Morgan fingerprint density at radius 2 is 1.78 bits per heavy atom. The molecule has 0 amide bonds. The number of hydrogen-bond donors (Lipinski definition) is 0. The summed E-state index contributed by atoms with van der Waals surface area (Å²) in [7, 11) is -0.968. The average molecular weight is 388 g/mol. The number of hydrogen-bond acceptors (Lipinski definition) is 5. The minimum atomic E-state index is -3.17. The van der Waals surface area contributed by atoms with Crippen molar-refractivity contribution in [2.24, 2.45) is 0 Å². The third kappa shape index (κ3) is 5.15. The van der Waals surface area contributed by atoms with Gasteiger partial charge < -0.3 is 4.90 Å². The fourth-order valence-corrected chi connectivity index (χ4v) is 4.29. The van der Waals surface area contributed by atoms with Gasteiger partial charge in [0.15, 0.2) is 9.84 Å². The first-order chi connectivity index (χ1) is 12.9. The molecule has 146 valence electrons. The Morgan fingerprint density at radius 1 is 1.11 bits per heavy atom. The van der Waals surface area contributed by atoms with E-state index in [2.05, 4.69) is 34.8 Å². The summed E-state index contributed by atoms with van der Waals surface area (Å²) in [6.45, 7) is 6.65. The van der Waals surface area contributed by atoms with Gasteiger partial charge in [0, 0.05) is 30.6 Å². The van der Waals surface area contributed by atoms with Crippen LogP contribution in [0, 0.1) is 0 Å². The van der Waals surface area contributed by atoms with Gasteiger partial charge in [0.05, 0.1) is 10.6 Å². The Kier molecular flexibility index (Phi) is 6.29. The Morgan fingerprint density at radius 3 is 2.30 bits per heavy atom. The fraction of sp³-hybridized carbons (Fsp3) is 0.476. The molecule has 0 unspecified atom stereocenters. The molecule has 3 rings (SSSR count). The van der Waals surface area contributed by atoms with Crippen LogP contribution >= 0.6 is 0 Å². The maximum Gasteiger partial charge on any atom is 0.175 e. The van der Waals surface area contributed by atoms with Crippen LogP contribution < -0.4 is 0 Å². The van der Waals surface area contributed by atoms with Gasteiger partial charge in [0.2, 0.25) is 0 Å². The number of nitrogens with zero attached hydrogens (tertiary/aromatic N) is 3. The lowest BCUT2D eigenvalue weighted by atomic mass is 10.0. The molecule has 2 heterocycles. The molecule has 1 saturated heterocycles. The topological polar surface area (TPSA) is 53.5 Å². The van der Waals surface area contributed by atoms with Gasteiger partial charge in [-0.3, -0.25) is 9.88 Å². The lowest BCUT2D eigenvalue weighted by Gasteiger charge is -2.36. The molecule has 1 aromatic heterocycles. The lowest BCUT2D eigenvalue weighted by Crippen LogP contribution is -2.42. The van der Waals surface area contributed by atoms with Gasteiger partial charge in [-0.2, -0.15) is 0 Å². The summed E-state index contributed by atoms with van der Waals surface area (Å²) in [6.07, 6.45) is 5.60. The van der Waals surface area contributed by atoms with Crippen LogP contribution in [-0.2, 0) is 16.4 Å². The lowest BCUT2D eigenvalue weighted by molar-refractivity contribution is 0.127. The van der Waals surface area contributed by atoms with E-state index in [1.54, 1.807) is 12.1 Å². The molecule has 2 aromatic rings. The molecular weight excluding hydrogens is 358 g/mol. The molecule has 0 bridgehead atoms. The first-order valence-corrected chi connectivity index (χ1v) is 11.4. The first kappa shape index (κ1) is 20.0. The van der Waals surface area contributed by atoms with E-state index < -0.39 is 9.84 Å². The maximum absolute atomic E-state index is 11.6. The normalized spacial score (nSPS) is 16.7. The van der Waals surface area contributed by atoms with Crippen molar-refractivity contribution in [3.63, 3.8) is 0 Å². The van der Waals surface area contributed by atoms with E-state index in [-0.39, 0.29) is 0 Å². The monoisotopic (exact) mass is 387 g/mol. The Labute approximate surface area is 162 Å². The van der Waals surface area contributed by atoms with Gasteiger partial charge in [-0.25, -0.2) is 8.42 Å². The van der Waals surface area contributed by atoms with Gasteiger partial charge in [-0.15, -0.1) is 0 Å². The molecule has 0 saturated carbocycles. The van der Waals surface area contributed by atoms with E-state index in [9.17, 15) is 8.42 Å². The summed E-state index contributed by atoms with van der Waals surface area (Å²) in [4.78, 5) is 9.86. The minimum Gasteiger partial charge on any atom is -0.303 e. The van der Waals surface area contributed by atoms with Crippen molar-refractivity contribution in [2.75, 3.05) is 32.9 Å². The number of aromatic nitrogens is 1. The smallest absolute Gasteiger partial charge is 0.175 e. The van der Waals surface area contributed by atoms with Gasteiger partial charge in [-0.05, 0) is 63.3 Å². The molecule has 1 aliphatic rings. The van der Waals surface area contributed by atoms with Crippen molar-refractivity contribution in [2.45, 2.75) is 37.2 Å². The van der Waals surface area contributed by atoms with Crippen LogP contribution in [-0.4, -0.2) is 62.2 Å². The summed E-state index contributed by atoms with van der Waals surface area (Å²) in [5.74, 6) is 0. The van der Waals surface area contributed by atoms with E-state index in [0.29, 0.717) is 10.9 Å². The standard InChI is InChI=1S/C21H29N3O2S/c1-4-24-13-11-19(12-14-24)23(2)16-17-5-10-21(22-15-17)18-6-8-20(9-7-18)27(3,25)26/h5-10,15,19H,4,11-14,16H2,1-3H3. The van der Waals surface area contributed by atoms with Crippen molar-refractivity contribution in [3.8, 4) is 11.3 Å². The van der Waals surface area contributed by atoms with E-state index in [0.717, 1.165) is 24.3 Å². The van der Waals surface area contributed by atoms with E-state index in [1.807, 2.05) is 24.4 Å². The predicted octanol–water partition coefficient (Wildman–Crippen LogP) is 3.07. The van der Waals surface area contributed by atoms with Crippen molar-refractivity contribution in [1.82, 2.24) is 14.8 Å². The van der Waals surface area contributed by atoms with Gasteiger partial charge >= 0.3 is 0 Å². The van der Waals surface area contributed by atoms with Crippen molar-refractivity contribution in [3.05, 3.63) is 48.2 Å². The molecule has 0 atom stereocenters. The molecule has 1 fully saturated rings. The highest BCUT2D eigenvalue weighted by molar-refractivity contribution is 7.90. The zero-order valence-corrected chi connectivity index (χ0v) is 17.2. The number of rotatable bonds is 6. The van der Waals surface area contributed by atoms with E-state index >= 15 is 0 Å². The van der Waals surface area contributed by atoms with E-state index in [1.165, 1.54) is 37.8 Å². The van der Waals surface area contributed by atoms with Gasteiger partial charge in [0.25, 0.3) is 0 Å². The molecule has 1 aliphatic heterocycles. The fourth-order valence-electron chi connectivity index (χ4n) is 3.66. The minimum absolute atomic E-state index is 0.332. The van der Waals surface area contributed by atoms with Crippen LogP contribution in [0.2, 0.25) is 0 Å². The zero-order chi connectivity index (χ0) is 19.4. The second-order valence-electron chi connectivity index (χ2n) is 7.43. The van der Waals surface area contributed by atoms with Crippen LogP contribution in [0.15, 0.2) is 47.5 Å². The number of benzene rings is 1. The maximum atomic E-state index is 11.6. The molecule has 5 nitrogen and oxygen atoms in total. The highest BCUT2D eigenvalue weighted by Gasteiger charge is 2.21. The second-order valence-corrected chi connectivity index (χ2v) is 9.44. The molecule has 0 spiro atoms. The van der Waals surface area contributed by atoms with Crippen molar-refractivity contribution in [1.29, 1.82) is 0 Å². The van der Waals surface area contributed by atoms with Crippen LogP contribution in [0.5, 0.6) is 0 Å². The molecule has 0 aliphatic carbocycles. The highest BCUT2D eigenvalue weighted by Crippen LogP contribution is 2.21. The first-order valence-electron chi connectivity index (χ1n) is 9.55. The summed E-state index contributed by atoms with van der Waals surface area (Å²) >= 11 is 0. The molecular formula is C21H29N3O2S. The van der Waals surface area contributed by atoms with E-state index in [4.69, 9.17) is 0 Å². The van der Waals surface area contributed by atoms with Crippen molar-refractivity contribution < 1.29 is 8.42 Å². The van der Waals surface area contributed by atoms with Crippen LogP contribution in [0.1, 0.15) is 25.3 Å². The average Bonchev–Trinajstić information content (AvgIpc) is 2.68. The third-order valence-electron chi connectivity index (χ3n) is 5.46. The molecule has 0 radical (unpaired) electrons. The second kappa shape index (κ2) is 8.50. The quantitative estimate of drug-likeness (QED) is 0.762. The summed E-state index contributed by atoms with van der Waals surface area (Å²) in [6, 6.07) is 11.7. The number of pyridine rings is 1. The molecule has 0 N–H and O–H groups in total. The largest absolute Gasteiger partial charge is 0.303 e. The number of sulfone groups is 1. The van der Waals surface area contributed by atoms with Gasteiger partial charge in [-0.1, -0.05) is 25.1 Å². The molecule has 6 heteroatoms. The Balaban J connectivity index is 1.62. The van der Waals surface area contributed by atoms with Crippen LogP contribution in [0.4, 0.5) is 0 Å². The number of likely N-dealkylation sites (tertiary alicyclic amines) is 1. The summed E-state index contributed by atoms with van der Waals surface area (Å²) in [5.41, 5.74) is 2.99. The van der Waals surface area contributed by atoms with Crippen molar-refractivity contribution >= 4 is 9.84 Å². The SMILES string of the molecule is CCN1CCC(N(C)Cc2ccc(-c3ccc(S(C)(=O)=O)cc3)nc2)CC1. The summed E-state index contributed by atoms with van der Waals surface area (Å²) in [5, 5.41) is 0. The highest BCUT2D eigenvalue weighted by atomic mass is 32.2. The third-order valence-corrected chi connectivity index (χ3v) is 6.59. The van der Waals surface area contributed by atoms with Crippen LogP contribution in [0.3, 0.4) is 0 Å². The molecule has 27 heavy (non-hydrogen) atoms.